The maximum absolute atomic E-state index is 4.34. The van der Waals surface area contributed by atoms with E-state index in [2.05, 4.69) is 62.3 Å². The number of hydrogen-bond donors (Lipinski definition) is 1. The van der Waals surface area contributed by atoms with E-state index in [9.17, 15) is 0 Å². The van der Waals surface area contributed by atoms with E-state index < -0.39 is 0 Å². The molecule has 0 unspecified atom stereocenters. The van der Waals surface area contributed by atoms with Gasteiger partial charge in [-0.05, 0) is 40.5 Å². The predicted molar refractivity (Wildman–Crippen MR) is 79.7 cm³/mol. The van der Waals surface area contributed by atoms with E-state index in [1.807, 2.05) is 12.1 Å². The van der Waals surface area contributed by atoms with Crippen molar-refractivity contribution in [2.45, 2.75) is 6.92 Å². The van der Waals surface area contributed by atoms with Crippen molar-refractivity contribution in [3.05, 3.63) is 58.8 Å². The molecular weight excluding hydrogens is 302 g/mol. The molecule has 0 saturated carbocycles. The van der Waals surface area contributed by atoms with Crippen LogP contribution in [0.2, 0.25) is 0 Å². The first-order valence-electron chi connectivity index (χ1n) is 5.96. The number of hydrogen-bond acceptors (Lipinski definition) is 2. The Morgan fingerprint density at radius 3 is 2.53 bits per heavy atom. The van der Waals surface area contributed by atoms with Gasteiger partial charge in [-0.3, -0.25) is 10.1 Å². The van der Waals surface area contributed by atoms with Crippen LogP contribution in [-0.4, -0.2) is 15.2 Å². The highest BCUT2D eigenvalue weighted by atomic mass is 79.9. The molecule has 2 aromatic heterocycles. The molecule has 3 nitrogen and oxygen atoms in total. The maximum atomic E-state index is 4.34. The number of aromatic nitrogens is 3. The molecule has 0 bridgehead atoms. The first kappa shape index (κ1) is 12.1. The minimum atomic E-state index is 0.893. The van der Waals surface area contributed by atoms with E-state index in [0.717, 1.165) is 27.0 Å². The number of nitrogens with one attached hydrogen (secondary N) is 1. The number of aryl methyl sites for hydroxylation is 1. The molecule has 0 aliphatic rings. The maximum Gasteiger partial charge on any atom is 0.0943 e. The predicted octanol–water partition coefficient (Wildman–Crippen LogP) is 4.21. The molecule has 3 aromatic rings. The van der Waals surface area contributed by atoms with E-state index in [4.69, 9.17) is 0 Å². The van der Waals surface area contributed by atoms with Gasteiger partial charge in [-0.2, -0.15) is 5.10 Å². The highest BCUT2D eigenvalue weighted by molar-refractivity contribution is 9.10. The molecule has 1 aromatic carbocycles. The average molecular weight is 314 g/mol. The van der Waals surface area contributed by atoms with Crippen molar-refractivity contribution in [1.29, 1.82) is 0 Å². The van der Waals surface area contributed by atoms with Crippen LogP contribution in [0.4, 0.5) is 0 Å². The summed E-state index contributed by atoms with van der Waals surface area (Å²) < 4.78 is 0.949. The van der Waals surface area contributed by atoms with Gasteiger partial charge < -0.3 is 0 Å². The van der Waals surface area contributed by atoms with E-state index in [1.165, 1.54) is 5.56 Å². The van der Waals surface area contributed by atoms with Gasteiger partial charge in [0.25, 0.3) is 0 Å². The van der Waals surface area contributed by atoms with Gasteiger partial charge in [0.1, 0.15) is 0 Å². The summed E-state index contributed by atoms with van der Waals surface area (Å²) in [6.45, 7) is 2.08. The molecule has 0 aliphatic carbocycles. The highest BCUT2D eigenvalue weighted by Gasteiger charge is 2.06. The Morgan fingerprint density at radius 1 is 1.00 bits per heavy atom. The number of aromatic amines is 1. The minimum absolute atomic E-state index is 0.893. The van der Waals surface area contributed by atoms with Crippen molar-refractivity contribution in [1.82, 2.24) is 15.2 Å². The average Bonchev–Trinajstić information content (AvgIpc) is 2.89. The number of halogens is 1. The fourth-order valence-electron chi connectivity index (χ4n) is 1.90. The summed E-state index contributed by atoms with van der Waals surface area (Å²) in [5, 5.41) is 7.41. The molecule has 3 rings (SSSR count). The van der Waals surface area contributed by atoms with Gasteiger partial charge in [-0.1, -0.05) is 29.8 Å². The third-order valence-electron chi connectivity index (χ3n) is 2.94. The largest absolute Gasteiger partial charge is 0.277 e. The molecule has 0 radical (unpaired) electrons. The van der Waals surface area contributed by atoms with Crippen LogP contribution in [0.1, 0.15) is 5.56 Å². The van der Waals surface area contributed by atoms with Gasteiger partial charge in [0.15, 0.2) is 0 Å². The van der Waals surface area contributed by atoms with Crippen molar-refractivity contribution in [3.63, 3.8) is 0 Å². The second-order valence-corrected chi connectivity index (χ2v) is 5.34. The lowest BCUT2D eigenvalue weighted by Crippen LogP contribution is -1.80. The first-order valence-corrected chi connectivity index (χ1v) is 6.75. The van der Waals surface area contributed by atoms with Gasteiger partial charge in [0.05, 0.1) is 11.4 Å². The summed E-state index contributed by atoms with van der Waals surface area (Å²) in [4.78, 5) is 4.15. The van der Waals surface area contributed by atoms with Gasteiger partial charge >= 0.3 is 0 Å². The fourth-order valence-corrected chi connectivity index (χ4v) is 2.27. The fraction of sp³-hybridized carbons (Fsp3) is 0.0667. The Bertz CT molecular complexity index is 701. The quantitative estimate of drug-likeness (QED) is 0.770. The van der Waals surface area contributed by atoms with Crippen molar-refractivity contribution in [2.75, 3.05) is 0 Å². The summed E-state index contributed by atoms with van der Waals surface area (Å²) in [6.07, 6.45) is 3.57. The molecule has 2 heterocycles. The SMILES string of the molecule is Cc1ccc(-c2cc(-c3cncc(Br)c3)n[nH]2)cc1. The molecular formula is C15H12BrN3. The molecule has 0 aliphatic heterocycles. The van der Waals surface area contributed by atoms with Crippen LogP contribution >= 0.6 is 15.9 Å². The molecule has 94 valence electrons. The Balaban J connectivity index is 1.97. The summed E-state index contributed by atoms with van der Waals surface area (Å²) in [5.41, 5.74) is 5.27. The van der Waals surface area contributed by atoms with Crippen molar-refractivity contribution >= 4 is 15.9 Å². The van der Waals surface area contributed by atoms with Gasteiger partial charge in [0, 0.05) is 22.4 Å². The standard InChI is InChI=1S/C15H12BrN3/c1-10-2-4-11(5-3-10)14-7-15(19-18-14)12-6-13(16)9-17-8-12/h2-9H,1H3,(H,18,19). The highest BCUT2D eigenvalue weighted by Crippen LogP contribution is 2.25. The summed E-state index contributed by atoms with van der Waals surface area (Å²) in [6, 6.07) is 12.4. The Hall–Kier alpha value is -1.94. The van der Waals surface area contributed by atoms with Crippen LogP contribution in [0.5, 0.6) is 0 Å². The Kier molecular flexibility index (Phi) is 3.17. The van der Waals surface area contributed by atoms with E-state index in [1.54, 1.807) is 12.4 Å². The molecule has 0 spiro atoms. The van der Waals surface area contributed by atoms with Gasteiger partial charge in [-0.25, -0.2) is 0 Å². The van der Waals surface area contributed by atoms with Gasteiger partial charge in [0.2, 0.25) is 0 Å². The monoisotopic (exact) mass is 313 g/mol. The van der Waals surface area contributed by atoms with Crippen LogP contribution in [-0.2, 0) is 0 Å². The van der Waals surface area contributed by atoms with Crippen molar-refractivity contribution in [2.24, 2.45) is 0 Å². The Labute approximate surface area is 119 Å². The van der Waals surface area contributed by atoms with Crippen LogP contribution in [0, 0.1) is 6.92 Å². The van der Waals surface area contributed by atoms with Crippen molar-refractivity contribution in [3.8, 4) is 22.5 Å². The molecule has 0 saturated heterocycles. The topological polar surface area (TPSA) is 41.6 Å². The van der Waals surface area contributed by atoms with E-state index >= 15 is 0 Å². The zero-order valence-corrected chi connectivity index (χ0v) is 12.0. The van der Waals surface area contributed by atoms with Crippen LogP contribution in [0.3, 0.4) is 0 Å². The molecule has 0 fully saturated rings. The van der Waals surface area contributed by atoms with E-state index in [-0.39, 0.29) is 0 Å². The number of pyridine rings is 1. The second-order valence-electron chi connectivity index (χ2n) is 4.42. The van der Waals surface area contributed by atoms with Crippen LogP contribution in [0.15, 0.2) is 53.3 Å². The number of H-pyrrole nitrogens is 1. The first-order chi connectivity index (χ1) is 9.22. The lowest BCUT2D eigenvalue weighted by Gasteiger charge is -1.97. The molecule has 0 amide bonds. The zero-order valence-electron chi connectivity index (χ0n) is 10.4. The molecule has 19 heavy (non-hydrogen) atoms. The smallest absolute Gasteiger partial charge is 0.0943 e. The number of benzene rings is 1. The summed E-state index contributed by atoms with van der Waals surface area (Å²) in [7, 11) is 0. The zero-order chi connectivity index (χ0) is 13.2. The van der Waals surface area contributed by atoms with E-state index in [0.29, 0.717) is 0 Å². The summed E-state index contributed by atoms with van der Waals surface area (Å²) >= 11 is 3.42. The minimum Gasteiger partial charge on any atom is -0.277 e. The molecule has 1 N–H and O–H groups in total. The second kappa shape index (κ2) is 4.97. The normalized spacial score (nSPS) is 10.6. The lowest BCUT2D eigenvalue weighted by atomic mass is 10.1. The molecule has 0 atom stereocenters. The molecule has 4 heteroatoms. The Morgan fingerprint density at radius 2 is 1.79 bits per heavy atom. The van der Waals surface area contributed by atoms with Crippen molar-refractivity contribution < 1.29 is 0 Å². The van der Waals surface area contributed by atoms with Gasteiger partial charge in [-0.15, -0.1) is 0 Å². The summed E-state index contributed by atoms with van der Waals surface area (Å²) in [5.74, 6) is 0. The van der Waals surface area contributed by atoms with Crippen LogP contribution < -0.4 is 0 Å². The lowest BCUT2D eigenvalue weighted by molar-refractivity contribution is 1.10. The van der Waals surface area contributed by atoms with Crippen LogP contribution in [0.25, 0.3) is 22.5 Å². The third kappa shape index (κ3) is 2.58. The number of nitrogens with zero attached hydrogens (tertiary/aromatic N) is 2. The third-order valence-corrected chi connectivity index (χ3v) is 3.37. The number of rotatable bonds is 2.